The molecule has 3 heteroatoms. The fraction of sp³-hybridized carbons (Fsp3) is 0.571. The number of phenols is 2. The Hall–Kier alpha value is -1.61. The summed E-state index contributed by atoms with van der Waals surface area (Å²) >= 11 is 1.80. The first-order valence-corrected chi connectivity index (χ1v) is 12.0. The van der Waals surface area contributed by atoms with Crippen LogP contribution in [0.1, 0.15) is 105 Å². The van der Waals surface area contributed by atoms with Crippen molar-refractivity contribution in [2.24, 2.45) is 0 Å². The van der Waals surface area contributed by atoms with Gasteiger partial charge in [0.2, 0.25) is 0 Å². The fourth-order valence-corrected chi connectivity index (χ4v) is 5.88. The molecule has 2 aromatic carbocycles. The lowest BCUT2D eigenvalue weighted by atomic mass is 9.80. The molecule has 0 aromatic heterocycles. The molecule has 0 amide bonds. The SMILES string of the molecule is CC(C)(C)c1cc(O)cc(C(C)(C)C)c1Sc1c(C(C)(C)C)cc(O)cc1C(C)(C)C. The van der Waals surface area contributed by atoms with E-state index in [-0.39, 0.29) is 21.7 Å². The molecule has 172 valence electrons. The highest BCUT2D eigenvalue weighted by atomic mass is 32.2. The summed E-state index contributed by atoms with van der Waals surface area (Å²) in [4.78, 5) is 2.42. The number of benzene rings is 2. The third-order valence-electron chi connectivity index (χ3n) is 5.58. The van der Waals surface area contributed by atoms with Crippen molar-refractivity contribution < 1.29 is 10.2 Å². The summed E-state index contributed by atoms with van der Waals surface area (Å²) in [5, 5.41) is 21.1. The molecule has 0 heterocycles. The molecule has 2 nitrogen and oxygen atoms in total. The number of phenolic OH excluding ortho intramolecular Hbond substituents is 2. The maximum atomic E-state index is 10.6. The maximum Gasteiger partial charge on any atom is 0.116 e. The standard InChI is InChI=1S/C28H42O2S/c1-25(2,3)19-13-17(29)14-20(26(4,5)6)23(19)31-24-21(27(7,8)9)15-18(30)16-22(24)28(10,11)12/h13-16,29-30H,1-12H3. The van der Waals surface area contributed by atoms with Crippen LogP contribution in [-0.2, 0) is 21.7 Å². The van der Waals surface area contributed by atoms with Crippen molar-refractivity contribution in [3.8, 4) is 11.5 Å². The van der Waals surface area contributed by atoms with Crippen LogP contribution in [0.4, 0.5) is 0 Å². The van der Waals surface area contributed by atoms with E-state index in [1.54, 1.807) is 11.8 Å². The summed E-state index contributed by atoms with van der Waals surface area (Å²) in [6.07, 6.45) is 0. The Kier molecular flexibility index (Phi) is 6.67. The Bertz CT molecular complexity index is 809. The highest BCUT2D eigenvalue weighted by Crippen LogP contribution is 2.50. The zero-order valence-corrected chi connectivity index (χ0v) is 22.4. The minimum Gasteiger partial charge on any atom is -0.508 e. The molecule has 0 radical (unpaired) electrons. The van der Waals surface area contributed by atoms with Gasteiger partial charge in [-0.25, -0.2) is 0 Å². The molecule has 0 saturated carbocycles. The second-order valence-corrected chi connectivity index (χ2v) is 13.9. The zero-order chi connectivity index (χ0) is 24.2. The lowest BCUT2D eigenvalue weighted by molar-refractivity contribution is 0.461. The van der Waals surface area contributed by atoms with Gasteiger partial charge in [-0.15, -0.1) is 0 Å². The molecule has 0 aliphatic rings. The molecule has 0 saturated heterocycles. The van der Waals surface area contributed by atoms with Gasteiger partial charge in [-0.2, -0.15) is 0 Å². The molecule has 0 atom stereocenters. The van der Waals surface area contributed by atoms with Crippen LogP contribution in [0.25, 0.3) is 0 Å². The lowest BCUT2D eigenvalue weighted by Crippen LogP contribution is -2.21. The van der Waals surface area contributed by atoms with Crippen LogP contribution in [0.2, 0.25) is 0 Å². The first kappa shape index (κ1) is 25.6. The molecular formula is C28H42O2S. The number of aromatic hydroxyl groups is 2. The summed E-state index contributed by atoms with van der Waals surface area (Å²) in [6, 6.07) is 7.69. The zero-order valence-electron chi connectivity index (χ0n) is 21.6. The fourth-order valence-electron chi connectivity index (χ4n) is 3.78. The van der Waals surface area contributed by atoms with Crippen molar-refractivity contribution in [3.63, 3.8) is 0 Å². The number of hydrogen-bond donors (Lipinski definition) is 2. The quantitative estimate of drug-likeness (QED) is 0.490. The summed E-state index contributed by atoms with van der Waals surface area (Å²) in [5.41, 5.74) is 4.10. The molecule has 2 rings (SSSR count). The molecule has 0 aliphatic carbocycles. The number of hydrogen-bond acceptors (Lipinski definition) is 3. The van der Waals surface area contributed by atoms with Gasteiger partial charge in [0.15, 0.2) is 0 Å². The van der Waals surface area contributed by atoms with E-state index >= 15 is 0 Å². The molecule has 2 aromatic rings. The predicted octanol–water partition coefficient (Wildman–Crippen LogP) is 8.44. The third kappa shape index (κ3) is 5.80. The van der Waals surface area contributed by atoms with Gasteiger partial charge in [-0.1, -0.05) is 94.8 Å². The van der Waals surface area contributed by atoms with Crippen molar-refractivity contribution in [1.29, 1.82) is 0 Å². The van der Waals surface area contributed by atoms with Gasteiger partial charge in [0.1, 0.15) is 11.5 Å². The van der Waals surface area contributed by atoms with Crippen LogP contribution in [0.3, 0.4) is 0 Å². The van der Waals surface area contributed by atoms with Gasteiger partial charge >= 0.3 is 0 Å². The van der Waals surface area contributed by atoms with E-state index < -0.39 is 0 Å². The number of rotatable bonds is 2. The lowest BCUT2D eigenvalue weighted by Gasteiger charge is -2.33. The van der Waals surface area contributed by atoms with Crippen molar-refractivity contribution in [2.75, 3.05) is 0 Å². The van der Waals surface area contributed by atoms with Crippen LogP contribution < -0.4 is 0 Å². The Balaban J connectivity index is 2.98. The van der Waals surface area contributed by atoms with E-state index in [4.69, 9.17) is 0 Å². The highest BCUT2D eigenvalue weighted by Gasteiger charge is 2.32. The minimum atomic E-state index is -0.123. The van der Waals surface area contributed by atoms with Gasteiger partial charge in [-0.05, 0) is 68.2 Å². The van der Waals surface area contributed by atoms with Crippen molar-refractivity contribution >= 4 is 11.8 Å². The Morgan fingerprint density at radius 2 is 0.645 bits per heavy atom. The van der Waals surface area contributed by atoms with Crippen LogP contribution in [0.5, 0.6) is 11.5 Å². The van der Waals surface area contributed by atoms with Gasteiger partial charge in [0.05, 0.1) is 0 Å². The maximum absolute atomic E-state index is 10.6. The molecule has 0 unspecified atom stereocenters. The predicted molar refractivity (Wildman–Crippen MR) is 135 cm³/mol. The van der Waals surface area contributed by atoms with E-state index in [0.29, 0.717) is 11.5 Å². The first-order chi connectivity index (χ1) is 13.7. The average Bonchev–Trinajstić information content (AvgIpc) is 2.53. The Labute approximate surface area is 194 Å². The van der Waals surface area contributed by atoms with Crippen LogP contribution in [0, 0.1) is 0 Å². The van der Waals surface area contributed by atoms with E-state index in [0.717, 1.165) is 22.3 Å². The van der Waals surface area contributed by atoms with E-state index in [1.165, 1.54) is 9.79 Å². The smallest absolute Gasteiger partial charge is 0.116 e. The van der Waals surface area contributed by atoms with E-state index in [9.17, 15) is 10.2 Å². The second-order valence-electron chi connectivity index (χ2n) is 12.8. The van der Waals surface area contributed by atoms with Crippen LogP contribution in [0.15, 0.2) is 34.1 Å². The van der Waals surface area contributed by atoms with Crippen LogP contribution in [-0.4, -0.2) is 10.2 Å². The second kappa shape index (κ2) is 8.06. The van der Waals surface area contributed by atoms with E-state index in [1.807, 2.05) is 24.3 Å². The van der Waals surface area contributed by atoms with Gasteiger partial charge in [0, 0.05) is 9.79 Å². The minimum absolute atomic E-state index is 0.123. The third-order valence-corrected chi connectivity index (χ3v) is 6.87. The van der Waals surface area contributed by atoms with Gasteiger partial charge < -0.3 is 10.2 Å². The monoisotopic (exact) mass is 442 g/mol. The molecule has 0 bridgehead atoms. The summed E-state index contributed by atoms with van der Waals surface area (Å²) < 4.78 is 0. The topological polar surface area (TPSA) is 40.5 Å². The van der Waals surface area contributed by atoms with Crippen LogP contribution >= 0.6 is 11.8 Å². The molecular weight excluding hydrogens is 400 g/mol. The molecule has 31 heavy (non-hydrogen) atoms. The van der Waals surface area contributed by atoms with Crippen molar-refractivity contribution in [2.45, 2.75) is 115 Å². The van der Waals surface area contributed by atoms with Gasteiger partial charge in [-0.3, -0.25) is 0 Å². The molecule has 2 N–H and O–H groups in total. The average molecular weight is 443 g/mol. The molecule has 0 fully saturated rings. The summed E-state index contributed by atoms with van der Waals surface area (Å²) in [5.74, 6) is 0.633. The summed E-state index contributed by atoms with van der Waals surface area (Å²) in [6.45, 7) is 26.4. The Morgan fingerprint density at radius 3 is 0.806 bits per heavy atom. The molecule has 0 spiro atoms. The molecule has 0 aliphatic heterocycles. The van der Waals surface area contributed by atoms with Gasteiger partial charge in [0.25, 0.3) is 0 Å². The summed E-state index contributed by atoms with van der Waals surface area (Å²) in [7, 11) is 0. The normalized spacial score (nSPS) is 13.5. The van der Waals surface area contributed by atoms with E-state index in [2.05, 4.69) is 83.1 Å². The largest absolute Gasteiger partial charge is 0.508 e. The Morgan fingerprint density at radius 1 is 0.452 bits per heavy atom. The first-order valence-electron chi connectivity index (χ1n) is 11.2. The van der Waals surface area contributed by atoms with Crippen molar-refractivity contribution in [3.05, 3.63) is 46.5 Å². The highest BCUT2D eigenvalue weighted by molar-refractivity contribution is 7.99. The van der Waals surface area contributed by atoms with Crippen molar-refractivity contribution in [1.82, 2.24) is 0 Å².